The van der Waals surface area contributed by atoms with E-state index >= 15 is 0 Å². The molecule has 1 aliphatic rings. The highest BCUT2D eigenvalue weighted by Crippen LogP contribution is 2.41. The Morgan fingerprint density at radius 2 is 1.69 bits per heavy atom. The van der Waals surface area contributed by atoms with E-state index in [1.807, 2.05) is 6.07 Å². The molecule has 1 aliphatic heterocycles. The highest BCUT2D eigenvalue weighted by molar-refractivity contribution is 7.90. The summed E-state index contributed by atoms with van der Waals surface area (Å²) in [5.74, 6) is 3.88. The van der Waals surface area contributed by atoms with E-state index in [2.05, 4.69) is 68.0 Å². The minimum Gasteiger partial charge on any atom is -0.297 e. The van der Waals surface area contributed by atoms with Crippen molar-refractivity contribution in [2.45, 2.75) is 76.2 Å². The Bertz CT molecular complexity index is 1190. The van der Waals surface area contributed by atoms with Crippen LogP contribution in [0.5, 0.6) is 0 Å². The highest BCUT2D eigenvalue weighted by Gasteiger charge is 2.41. The standard InChI is InChI=1S/C23H32N4O3SSi/c1-15(2)32(16(3)4,17(5)6)12-10-18-13-20(27-11-8-9-21(27)28)25-22-19(18)14-24-23(26-22)31(7,29)30/h13-17H,8-9,11H2,1-7H3. The van der Waals surface area contributed by atoms with Crippen LogP contribution in [-0.4, -0.2) is 50.2 Å². The van der Waals surface area contributed by atoms with Crippen molar-refractivity contribution >= 4 is 40.7 Å². The van der Waals surface area contributed by atoms with Crippen LogP contribution in [0.2, 0.25) is 16.6 Å². The van der Waals surface area contributed by atoms with E-state index in [1.165, 1.54) is 6.20 Å². The molecule has 9 heteroatoms. The molecule has 172 valence electrons. The predicted molar refractivity (Wildman–Crippen MR) is 130 cm³/mol. The van der Waals surface area contributed by atoms with Gasteiger partial charge in [-0.25, -0.2) is 18.4 Å². The summed E-state index contributed by atoms with van der Waals surface area (Å²) in [4.78, 5) is 26.8. The third kappa shape index (κ3) is 4.43. The van der Waals surface area contributed by atoms with Gasteiger partial charge in [-0.05, 0) is 29.1 Å². The Balaban J connectivity index is 2.28. The molecule has 0 aliphatic carbocycles. The lowest BCUT2D eigenvalue weighted by Crippen LogP contribution is -2.43. The van der Waals surface area contributed by atoms with Gasteiger partial charge < -0.3 is 0 Å². The molecule has 0 N–H and O–H groups in total. The predicted octanol–water partition coefficient (Wildman–Crippen LogP) is 4.12. The summed E-state index contributed by atoms with van der Waals surface area (Å²) in [5, 5.41) is 0.316. The van der Waals surface area contributed by atoms with Crippen LogP contribution >= 0.6 is 0 Å². The van der Waals surface area contributed by atoms with Crippen molar-refractivity contribution in [1.82, 2.24) is 15.0 Å². The second-order valence-electron chi connectivity index (χ2n) is 9.49. The molecule has 3 rings (SSSR count). The first kappa shape index (κ1) is 24.3. The Hall–Kier alpha value is -2.31. The van der Waals surface area contributed by atoms with Gasteiger partial charge in [0.15, 0.2) is 5.65 Å². The van der Waals surface area contributed by atoms with Gasteiger partial charge in [-0.2, -0.15) is 4.98 Å². The summed E-state index contributed by atoms with van der Waals surface area (Å²) < 4.78 is 24.0. The quantitative estimate of drug-likeness (QED) is 0.369. The first-order chi connectivity index (χ1) is 14.9. The molecule has 0 unspecified atom stereocenters. The minimum atomic E-state index is -3.59. The molecule has 0 aromatic carbocycles. The van der Waals surface area contributed by atoms with Crippen molar-refractivity contribution < 1.29 is 13.2 Å². The van der Waals surface area contributed by atoms with Gasteiger partial charge in [0, 0.05) is 31.0 Å². The zero-order valence-electron chi connectivity index (χ0n) is 19.9. The maximum Gasteiger partial charge on any atom is 0.248 e. The number of hydrogen-bond donors (Lipinski definition) is 0. The van der Waals surface area contributed by atoms with Gasteiger partial charge in [0.05, 0.1) is 5.39 Å². The monoisotopic (exact) mass is 472 g/mol. The number of amides is 1. The van der Waals surface area contributed by atoms with Gasteiger partial charge in [0.1, 0.15) is 13.9 Å². The molecule has 1 amide bonds. The van der Waals surface area contributed by atoms with Crippen LogP contribution in [0, 0.1) is 11.5 Å². The number of aromatic nitrogens is 3. The fourth-order valence-corrected chi connectivity index (χ4v) is 10.6. The summed E-state index contributed by atoms with van der Waals surface area (Å²) in [6.07, 6.45) is 3.79. The largest absolute Gasteiger partial charge is 0.297 e. The van der Waals surface area contributed by atoms with Crippen molar-refractivity contribution in [3.63, 3.8) is 0 Å². The zero-order chi connectivity index (χ0) is 23.8. The molecule has 0 saturated carbocycles. The highest BCUT2D eigenvalue weighted by atomic mass is 32.2. The van der Waals surface area contributed by atoms with Crippen LogP contribution in [0.4, 0.5) is 5.82 Å². The van der Waals surface area contributed by atoms with Gasteiger partial charge in [-0.3, -0.25) is 9.69 Å². The molecule has 2 aromatic heterocycles. The van der Waals surface area contributed by atoms with Gasteiger partial charge in [0.2, 0.25) is 20.9 Å². The lowest BCUT2D eigenvalue weighted by molar-refractivity contribution is -0.117. The summed E-state index contributed by atoms with van der Waals surface area (Å²) in [6.45, 7) is 14.1. The van der Waals surface area contributed by atoms with Crippen molar-refractivity contribution in [3.8, 4) is 11.5 Å². The molecule has 2 aromatic rings. The normalized spacial score (nSPS) is 15.2. The van der Waals surface area contributed by atoms with Gasteiger partial charge >= 0.3 is 0 Å². The number of carbonyl (C=O) groups is 1. The van der Waals surface area contributed by atoms with Crippen molar-refractivity contribution in [3.05, 3.63) is 17.8 Å². The Labute approximate surface area is 192 Å². The average molecular weight is 473 g/mol. The van der Waals surface area contributed by atoms with Gasteiger partial charge in [-0.15, -0.1) is 5.54 Å². The third-order valence-electron chi connectivity index (χ3n) is 6.49. The number of pyridine rings is 1. The van der Waals surface area contributed by atoms with E-state index < -0.39 is 17.9 Å². The Morgan fingerprint density at radius 1 is 1.06 bits per heavy atom. The van der Waals surface area contributed by atoms with E-state index in [4.69, 9.17) is 0 Å². The van der Waals surface area contributed by atoms with Gasteiger partial charge in [-0.1, -0.05) is 47.5 Å². The molecule has 3 heterocycles. The average Bonchev–Trinajstić information content (AvgIpc) is 3.12. The molecule has 0 radical (unpaired) electrons. The number of fused-ring (bicyclic) bond motifs is 1. The topological polar surface area (TPSA) is 93.1 Å². The van der Waals surface area contributed by atoms with Crippen LogP contribution in [-0.2, 0) is 14.6 Å². The van der Waals surface area contributed by atoms with Crippen LogP contribution in [0.1, 0.15) is 59.9 Å². The first-order valence-electron chi connectivity index (χ1n) is 11.1. The molecular formula is C23H32N4O3SSi. The van der Waals surface area contributed by atoms with E-state index in [9.17, 15) is 13.2 Å². The summed E-state index contributed by atoms with van der Waals surface area (Å²) in [6, 6.07) is 1.82. The van der Waals surface area contributed by atoms with Crippen LogP contribution in [0.15, 0.2) is 17.4 Å². The molecule has 1 fully saturated rings. The zero-order valence-corrected chi connectivity index (χ0v) is 21.7. The van der Waals surface area contributed by atoms with E-state index in [0.29, 0.717) is 46.4 Å². The number of anilines is 1. The molecule has 0 spiro atoms. The third-order valence-corrected chi connectivity index (χ3v) is 13.6. The molecule has 1 saturated heterocycles. The van der Waals surface area contributed by atoms with Crippen LogP contribution in [0.25, 0.3) is 11.0 Å². The number of carbonyl (C=O) groups excluding carboxylic acids is 1. The van der Waals surface area contributed by atoms with E-state index in [-0.39, 0.29) is 16.7 Å². The van der Waals surface area contributed by atoms with E-state index in [1.54, 1.807) is 4.90 Å². The smallest absolute Gasteiger partial charge is 0.248 e. The molecular weight excluding hydrogens is 440 g/mol. The summed E-state index contributed by atoms with van der Waals surface area (Å²) in [5.41, 5.74) is 6.03. The number of nitrogens with zero attached hydrogens (tertiary/aromatic N) is 4. The maximum absolute atomic E-state index is 12.4. The number of sulfone groups is 1. The first-order valence-corrected chi connectivity index (χ1v) is 15.2. The molecule has 0 bridgehead atoms. The summed E-state index contributed by atoms with van der Waals surface area (Å²) >= 11 is 0. The SMILES string of the molecule is CC(C)[Si](C#Cc1cc(N2CCCC2=O)nc2nc(S(C)(=O)=O)ncc12)(C(C)C)C(C)C. The van der Waals surface area contributed by atoms with Crippen molar-refractivity contribution in [2.24, 2.45) is 0 Å². The van der Waals surface area contributed by atoms with Gasteiger partial charge in [0.25, 0.3) is 0 Å². The lowest BCUT2D eigenvalue weighted by atomic mass is 10.2. The number of hydrogen-bond acceptors (Lipinski definition) is 6. The number of rotatable bonds is 5. The van der Waals surface area contributed by atoms with Crippen molar-refractivity contribution in [2.75, 3.05) is 17.7 Å². The molecule has 0 atom stereocenters. The second-order valence-corrected chi connectivity index (χ2v) is 17.0. The molecule has 7 nitrogen and oxygen atoms in total. The van der Waals surface area contributed by atoms with Crippen LogP contribution in [0.3, 0.4) is 0 Å². The fraction of sp³-hybridized carbons (Fsp3) is 0.565. The molecule has 32 heavy (non-hydrogen) atoms. The Kier molecular flexibility index (Phi) is 6.77. The fourth-order valence-electron chi connectivity index (χ4n) is 4.90. The van der Waals surface area contributed by atoms with Crippen molar-refractivity contribution in [1.29, 1.82) is 0 Å². The Morgan fingerprint density at radius 3 is 2.19 bits per heavy atom. The summed E-state index contributed by atoms with van der Waals surface area (Å²) in [7, 11) is -5.59. The van der Waals surface area contributed by atoms with Crippen LogP contribution < -0.4 is 4.90 Å². The second kappa shape index (κ2) is 8.91. The van der Waals surface area contributed by atoms with E-state index in [0.717, 1.165) is 12.7 Å². The maximum atomic E-state index is 12.4. The minimum absolute atomic E-state index is 0.00316. The lowest BCUT2D eigenvalue weighted by Gasteiger charge is -2.38.